The molecule has 0 fully saturated rings. The zero-order valence-corrected chi connectivity index (χ0v) is 21.9. The highest BCUT2D eigenvalue weighted by molar-refractivity contribution is 7.47. The van der Waals surface area contributed by atoms with Gasteiger partial charge in [-0.25, -0.2) is 9.45 Å². The van der Waals surface area contributed by atoms with E-state index in [9.17, 15) is 14.3 Å². The predicted octanol–water partition coefficient (Wildman–Crippen LogP) is 5.63. The van der Waals surface area contributed by atoms with Crippen molar-refractivity contribution < 1.29 is 38.2 Å². The van der Waals surface area contributed by atoms with Crippen molar-refractivity contribution in [1.82, 2.24) is 0 Å². The average Bonchev–Trinajstić information content (AvgIpc) is 2.84. The lowest BCUT2D eigenvalue weighted by molar-refractivity contribution is -0.290. The van der Waals surface area contributed by atoms with Gasteiger partial charge >= 0.3 is 13.8 Å². The molecule has 0 radical (unpaired) electrons. The highest BCUT2D eigenvalue weighted by atomic mass is 31.2. The first kappa shape index (κ1) is 33.4. The van der Waals surface area contributed by atoms with Gasteiger partial charge in [0.1, 0.15) is 6.61 Å². The van der Waals surface area contributed by atoms with Gasteiger partial charge in [-0.2, -0.15) is 0 Å². The van der Waals surface area contributed by atoms with Crippen LogP contribution in [0.3, 0.4) is 0 Å². The molecule has 0 rings (SSSR count). The second-order valence-corrected chi connectivity index (χ2v) is 9.23. The lowest BCUT2D eigenvalue weighted by atomic mass is 10.2. The van der Waals surface area contributed by atoms with E-state index < -0.39 is 26.5 Å². The molecule has 0 aromatic rings. The van der Waals surface area contributed by atoms with Crippen molar-refractivity contribution in [3.8, 4) is 0 Å². The van der Waals surface area contributed by atoms with Crippen molar-refractivity contribution in [2.75, 3.05) is 26.4 Å². The number of rotatable bonds is 23. The van der Waals surface area contributed by atoms with E-state index in [-0.39, 0.29) is 26.2 Å². The molecule has 10 heteroatoms. The predicted molar refractivity (Wildman–Crippen MR) is 138 cm³/mol. The Bertz CT molecular complexity index is 678. The number of carbonyl (C=O) groups is 1. The lowest BCUT2D eigenvalue weighted by Gasteiger charge is -2.16. The molecule has 2 atom stereocenters. The molecule has 9 nitrogen and oxygen atoms in total. The van der Waals surface area contributed by atoms with Crippen molar-refractivity contribution in [3.63, 3.8) is 0 Å². The summed E-state index contributed by atoms with van der Waals surface area (Å²) in [5.74, 6) is -0.463. The summed E-state index contributed by atoms with van der Waals surface area (Å²) in [6, 6.07) is 0. The van der Waals surface area contributed by atoms with Crippen LogP contribution in [0.5, 0.6) is 0 Å². The molecule has 0 aliphatic rings. The van der Waals surface area contributed by atoms with Crippen LogP contribution in [0.1, 0.15) is 71.1 Å². The Morgan fingerprint density at radius 1 is 0.886 bits per heavy atom. The molecule has 1 unspecified atom stereocenters. The zero-order chi connectivity index (χ0) is 26.0. The van der Waals surface area contributed by atoms with E-state index in [0.717, 1.165) is 25.7 Å². The molecule has 0 saturated carbocycles. The second-order valence-electron chi connectivity index (χ2n) is 7.78. The Hall–Kier alpha value is -1.58. The van der Waals surface area contributed by atoms with Gasteiger partial charge in [0.25, 0.3) is 0 Å². The normalized spacial score (nSPS) is 15.0. The van der Waals surface area contributed by atoms with Gasteiger partial charge in [0.05, 0.1) is 13.2 Å². The SMILES string of the molecule is CCCCC/C=C\C/C=C\C/C=C\C/C=C\CCCC(=O)OC[C@H](COP(=O)(O)OCCN)OO. The molecular weight excluding hydrogens is 473 g/mol. The fourth-order valence-corrected chi connectivity index (χ4v) is 3.44. The Kier molecular flexibility index (Phi) is 23.0. The number of phosphoric acid groups is 1. The van der Waals surface area contributed by atoms with Crippen molar-refractivity contribution in [3.05, 3.63) is 48.6 Å². The van der Waals surface area contributed by atoms with Gasteiger partial charge in [0.2, 0.25) is 0 Å². The highest BCUT2D eigenvalue weighted by Crippen LogP contribution is 2.42. The summed E-state index contributed by atoms with van der Waals surface area (Å²) in [7, 11) is -4.30. The quantitative estimate of drug-likeness (QED) is 0.0393. The van der Waals surface area contributed by atoms with E-state index in [4.69, 9.17) is 15.7 Å². The van der Waals surface area contributed by atoms with Crippen LogP contribution in [0.4, 0.5) is 0 Å². The van der Waals surface area contributed by atoms with E-state index in [2.05, 4.69) is 63.4 Å². The fourth-order valence-electron chi connectivity index (χ4n) is 2.67. The van der Waals surface area contributed by atoms with E-state index in [1.54, 1.807) is 0 Å². The number of carbonyl (C=O) groups excluding carboxylic acids is 1. The second kappa shape index (κ2) is 24.1. The minimum atomic E-state index is -4.30. The first-order valence-corrected chi connectivity index (χ1v) is 13.8. The van der Waals surface area contributed by atoms with Crippen LogP contribution in [-0.2, 0) is 28.0 Å². The van der Waals surface area contributed by atoms with Crippen molar-refractivity contribution in [2.45, 2.75) is 77.2 Å². The number of phosphoric ester groups is 1. The minimum Gasteiger partial charge on any atom is -0.463 e. The van der Waals surface area contributed by atoms with Crippen LogP contribution < -0.4 is 5.73 Å². The molecule has 0 bridgehead atoms. The van der Waals surface area contributed by atoms with Gasteiger partial charge in [0.15, 0.2) is 6.10 Å². The number of unbranched alkanes of at least 4 members (excludes halogenated alkanes) is 4. The Balaban J connectivity index is 3.78. The summed E-state index contributed by atoms with van der Waals surface area (Å²) in [5.41, 5.74) is 5.17. The number of esters is 1. The smallest absolute Gasteiger partial charge is 0.463 e. The average molecular weight is 518 g/mol. The molecule has 0 amide bonds. The monoisotopic (exact) mass is 517 g/mol. The van der Waals surface area contributed by atoms with E-state index in [0.29, 0.717) is 6.42 Å². The van der Waals surface area contributed by atoms with Crippen LogP contribution in [0.2, 0.25) is 0 Å². The molecule has 35 heavy (non-hydrogen) atoms. The molecular formula is C25H44NO8P. The molecule has 0 heterocycles. The van der Waals surface area contributed by atoms with Crippen LogP contribution in [0.25, 0.3) is 0 Å². The zero-order valence-electron chi connectivity index (χ0n) is 21.0. The summed E-state index contributed by atoms with van der Waals surface area (Å²) >= 11 is 0. The molecule has 0 aliphatic carbocycles. The van der Waals surface area contributed by atoms with Crippen LogP contribution >= 0.6 is 7.82 Å². The van der Waals surface area contributed by atoms with Crippen molar-refractivity contribution >= 4 is 13.8 Å². The van der Waals surface area contributed by atoms with Gasteiger partial charge in [-0.3, -0.25) is 19.1 Å². The van der Waals surface area contributed by atoms with Gasteiger partial charge in [-0.05, 0) is 44.9 Å². The first-order chi connectivity index (χ1) is 16.9. The third-order valence-corrected chi connectivity index (χ3v) is 5.57. The summed E-state index contributed by atoms with van der Waals surface area (Å²) in [5, 5.41) is 8.82. The van der Waals surface area contributed by atoms with E-state index in [1.807, 2.05) is 6.08 Å². The first-order valence-electron chi connectivity index (χ1n) is 12.3. The molecule has 0 aromatic carbocycles. The molecule has 202 valence electrons. The summed E-state index contributed by atoms with van der Waals surface area (Å²) in [4.78, 5) is 25.3. The van der Waals surface area contributed by atoms with Gasteiger partial charge in [0, 0.05) is 13.0 Å². The lowest BCUT2D eigenvalue weighted by Crippen LogP contribution is -2.26. The van der Waals surface area contributed by atoms with E-state index in [1.165, 1.54) is 25.7 Å². The number of hydrogen-bond acceptors (Lipinski definition) is 8. The maximum absolute atomic E-state index is 11.8. The highest BCUT2D eigenvalue weighted by Gasteiger charge is 2.24. The maximum atomic E-state index is 11.8. The largest absolute Gasteiger partial charge is 0.472 e. The third kappa shape index (κ3) is 23.9. The molecule has 0 aliphatic heterocycles. The van der Waals surface area contributed by atoms with E-state index >= 15 is 0 Å². The molecule has 0 spiro atoms. The summed E-state index contributed by atoms with van der Waals surface area (Å²) < 4.78 is 25.7. The van der Waals surface area contributed by atoms with Crippen LogP contribution in [-0.4, -0.2) is 48.6 Å². The van der Waals surface area contributed by atoms with Crippen molar-refractivity contribution in [2.24, 2.45) is 5.73 Å². The van der Waals surface area contributed by atoms with Gasteiger partial charge < -0.3 is 15.4 Å². The maximum Gasteiger partial charge on any atom is 0.472 e. The van der Waals surface area contributed by atoms with Crippen molar-refractivity contribution in [1.29, 1.82) is 0 Å². The molecule has 0 aromatic heterocycles. The number of hydrogen-bond donors (Lipinski definition) is 3. The van der Waals surface area contributed by atoms with Crippen LogP contribution in [0.15, 0.2) is 48.6 Å². The summed E-state index contributed by atoms with van der Waals surface area (Å²) in [6.07, 6.45) is 25.3. The number of nitrogens with two attached hydrogens (primary N) is 1. The summed E-state index contributed by atoms with van der Waals surface area (Å²) in [6.45, 7) is 1.28. The topological polar surface area (TPSA) is 138 Å². The molecule has 4 N–H and O–H groups in total. The Morgan fingerprint density at radius 2 is 1.46 bits per heavy atom. The fraction of sp³-hybridized carbons (Fsp3) is 0.640. The molecule has 0 saturated heterocycles. The Morgan fingerprint density at radius 3 is 2.00 bits per heavy atom. The van der Waals surface area contributed by atoms with Gasteiger partial charge in [-0.1, -0.05) is 68.4 Å². The van der Waals surface area contributed by atoms with Gasteiger partial charge in [-0.15, -0.1) is 0 Å². The number of ether oxygens (including phenoxy) is 1. The minimum absolute atomic E-state index is 0.0481. The third-order valence-electron chi connectivity index (χ3n) is 4.58. The van der Waals surface area contributed by atoms with Crippen LogP contribution in [0, 0.1) is 0 Å². The number of allylic oxidation sites excluding steroid dienone is 8. The Labute approximate surface area is 210 Å². The standard InChI is InChI=1S/C25H44NO8P/c1-2-3-4-5-6-7-8-9-10-11-12-13-14-15-16-17-18-19-25(27)31-22-24(34-28)23-33-35(29,30)32-21-20-26/h6-7,9-10,12-13,15-16,24,28H,2-5,8,11,14,17-23,26H2,1H3,(H,29,30)/b7-6-,10-9-,13-12-,16-15-/t24-/m1/s1.